The summed E-state index contributed by atoms with van der Waals surface area (Å²) in [6, 6.07) is 0. The molecule has 0 aliphatic carbocycles. The van der Waals surface area contributed by atoms with Crippen molar-refractivity contribution in [3.05, 3.63) is 6.33 Å². The highest BCUT2D eigenvalue weighted by Gasteiger charge is 2.24. The summed E-state index contributed by atoms with van der Waals surface area (Å²) < 4.78 is 1.37. The average Bonchev–Trinajstić information content (AvgIpc) is 2.75. The van der Waals surface area contributed by atoms with Gasteiger partial charge in [0.1, 0.15) is 12.9 Å². The Morgan fingerprint density at radius 3 is 3.07 bits per heavy atom. The number of rotatable bonds is 2. The summed E-state index contributed by atoms with van der Waals surface area (Å²) in [6.07, 6.45) is 1.67. The van der Waals surface area contributed by atoms with E-state index in [0.717, 1.165) is 0 Å². The molecule has 1 atom stereocenters. The van der Waals surface area contributed by atoms with E-state index in [9.17, 15) is 9.90 Å². The van der Waals surface area contributed by atoms with Crippen molar-refractivity contribution < 1.29 is 9.90 Å². The molecule has 2 heterocycles. The summed E-state index contributed by atoms with van der Waals surface area (Å²) in [6.45, 7) is 1.17. The Labute approximate surface area is 80.3 Å². The highest BCUT2D eigenvalue weighted by atomic mass is 16.3. The number of hydrogen-bond donors (Lipinski definition) is 1. The maximum absolute atomic E-state index is 11.6. The van der Waals surface area contributed by atoms with Crippen LogP contribution in [0, 0.1) is 0 Å². The number of aromatic nitrogens is 4. The smallest absolute Gasteiger partial charge is 0.244 e. The Balaban J connectivity index is 1.90. The lowest BCUT2D eigenvalue weighted by Crippen LogP contribution is -2.32. The van der Waals surface area contributed by atoms with E-state index in [1.165, 1.54) is 11.0 Å². The van der Waals surface area contributed by atoms with Crippen LogP contribution in [-0.2, 0) is 11.3 Å². The van der Waals surface area contributed by atoms with E-state index in [4.69, 9.17) is 0 Å². The van der Waals surface area contributed by atoms with Gasteiger partial charge in [-0.15, -0.1) is 5.10 Å². The van der Waals surface area contributed by atoms with Crippen LogP contribution in [0.25, 0.3) is 0 Å². The Morgan fingerprint density at radius 2 is 2.50 bits per heavy atom. The van der Waals surface area contributed by atoms with Crippen molar-refractivity contribution in [3.63, 3.8) is 0 Å². The van der Waals surface area contributed by atoms with Gasteiger partial charge in [-0.05, 0) is 16.8 Å². The van der Waals surface area contributed by atoms with Crippen LogP contribution in [0.15, 0.2) is 6.33 Å². The van der Waals surface area contributed by atoms with E-state index in [-0.39, 0.29) is 18.6 Å². The summed E-state index contributed by atoms with van der Waals surface area (Å²) in [7, 11) is 0. The molecule has 1 fully saturated rings. The molecule has 1 saturated heterocycles. The lowest BCUT2D eigenvalue weighted by Gasteiger charge is -2.14. The molecule has 7 nitrogen and oxygen atoms in total. The first kappa shape index (κ1) is 9.07. The predicted octanol–water partition coefficient (Wildman–Crippen LogP) is -1.73. The molecule has 0 radical (unpaired) electrons. The van der Waals surface area contributed by atoms with E-state index in [1.54, 1.807) is 4.90 Å². The number of β-amino-alcohol motifs (C(OH)–C–C–N with tert-alkyl or cyclic N) is 1. The average molecular weight is 197 g/mol. The number of carbonyl (C=O) groups is 1. The van der Waals surface area contributed by atoms with E-state index in [2.05, 4.69) is 15.5 Å². The fraction of sp³-hybridized carbons (Fsp3) is 0.714. The minimum absolute atomic E-state index is 0.0612. The van der Waals surface area contributed by atoms with Gasteiger partial charge in [-0.3, -0.25) is 4.79 Å². The zero-order chi connectivity index (χ0) is 9.97. The summed E-state index contributed by atoms with van der Waals surface area (Å²) in [5, 5.41) is 19.7. The molecular formula is C7H11N5O2. The Hall–Kier alpha value is -1.50. The van der Waals surface area contributed by atoms with Gasteiger partial charge in [-0.2, -0.15) is 0 Å². The highest BCUT2D eigenvalue weighted by molar-refractivity contribution is 5.76. The van der Waals surface area contributed by atoms with Crippen LogP contribution in [0.2, 0.25) is 0 Å². The third-order valence-electron chi connectivity index (χ3n) is 2.20. The largest absolute Gasteiger partial charge is 0.391 e. The van der Waals surface area contributed by atoms with Gasteiger partial charge >= 0.3 is 0 Å². The molecule has 14 heavy (non-hydrogen) atoms. The van der Waals surface area contributed by atoms with Crippen molar-refractivity contribution in [2.45, 2.75) is 19.1 Å². The van der Waals surface area contributed by atoms with E-state index in [1.807, 2.05) is 0 Å². The first-order chi connectivity index (χ1) is 6.75. The van der Waals surface area contributed by atoms with Gasteiger partial charge in [0.2, 0.25) is 5.91 Å². The Kier molecular flexibility index (Phi) is 2.40. The van der Waals surface area contributed by atoms with Crippen LogP contribution in [0.4, 0.5) is 0 Å². The number of hydrogen-bond acceptors (Lipinski definition) is 5. The van der Waals surface area contributed by atoms with Gasteiger partial charge < -0.3 is 10.0 Å². The molecule has 0 spiro atoms. The zero-order valence-corrected chi connectivity index (χ0v) is 7.57. The number of carbonyl (C=O) groups excluding carboxylic acids is 1. The van der Waals surface area contributed by atoms with Gasteiger partial charge in [0.05, 0.1) is 6.10 Å². The standard InChI is InChI=1S/C7H11N5O2/c13-6-1-2-11(3-6)7(14)4-12-5-8-9-10-12/h5-6,13H,1-4H2/t6-/m0/s1. The molecule has 76 valence electrons. The predicted molar refractivity (Wildman–Crippen MR) is 45.0 cm³/mol. The number of amides is 1. The molecule has 0 unspecified atom stereocenters. The van der Waals surface area contributed by atoms with Crippen LogP contribution in [0.1, 0.15) is 6.42 Å². The second kappa shape index (κ2) is 3.70. The van der Waals surface area contributed by atoms with Gasteiger partial charge in [-0.1, -0.05) is 0 Å². The van der Waals surface area contributed by atoms with Crippen molar-refractivity contribution >= 4 is 5.91 Å². The fourth-order valence-corrected chi connectivity index (χ4v) is 1.46. The molecule has 2 rings (SSSR count). The van der Waals surface area contributed by atoms with Crippen molar-refractivity contribution in [3.8, 4) is 0 Å². The van der Waals surface area contributed by atoms with E-state index < -0.39 is 0 Å². The lowest BCUT2D eigenvalue weighted by molar-refractivity contribution is -0.131. The molecule has 1 aromatic heterocycles. The number of nitrogens with zero attached hydrogens (tertiary/aromatic N) is 5. The second-order valence-electron chi connectivity index (χ2n) is 3.29. The normalized spacial score (nSPS) is 21.5. The van der Waals surface area contributed by atoms with Crippen LogP contribution >= 0.6 is 0 Å². The van der Waals surface area contributed by atoms with Crippen molar-refractivity contribution in [2.24, 2.45) is 0 Å². The van der Waals surface area contributed by atoms with E-state index in [0.29, 0.717) is 19.5 Å². The fourth-order valence-electron chi connectivity index (χ4n) is 1.46. The summed E-state index contributed by atoms with van der Waals surface area (Å²) >= 11 is 0. The molecule has 1 amide bonds. The van der Waals surface area contributed by atoms with E-state index >= 15 is 0 Å². The lowest BCUT2D eigenvalue weighted by atomic mass is 10.3. The zero-order valence-electron chi connectivity index (χ0n) is 7.57. The van der Waals surface area contributed by atoms with Gasteiger partial charge in [0.25, 0.3) is 0 Å². The molecule has 1 aliphatic rings. The summed E-state index contributed by atoms with van der Waals surface area (Å²) in [5.41, 5.74) is 0. The molecule has 0 aromatic carbocycles. The van der Waals surface area contributed by atoms with Gasteiger partial charge in [-0.25, -0.2) is 4.68 Å². The first-order valence-corrected chi connectivity index (χ1v) is 4.42. The third kappa shape index (κ3) is 1.87. The molecule has 1 aromatic rings. The van der Waals surface area contributed by atoms with Crippen molar-refractivity contribution in [1.82, 2.24) is 25.1 Å². The molecule has 1 aliphatic heterocycles. The van der Waals surface area contributed by atoms with Gasteiger partial charge in [0, 0.05) is 13.1 Å². The molecule has 0 saturated carbocycles. The number of aliphatic hydroxyl groups excluding tert-OH is 1. The highest BCUT2D eigenvalue weighted by Crippen LogP contribution is 2.08. The quantitative estimate of drug-likeness (QED) is 0.608. The number of tetrazole rings is 1. The molecule has 1 N–H and O–H groups in total. The summed E-state index contributed by atoms with van der Waals surface area (Å²) in [5.74, 6) is -0.0612. The minimum atomic E-state index is -0.382. The first-order valence-electron chi connectivity index (χ1n) is 4.42. The monoisotopic (exact) mass is 197 g/mol. The number of likely N-dealkylation sites (tertiary alicyclic amines) is 1. The van der Waals surface area contributed by atoms with Crippen LogP contribution < -0.4 is 0 Å². The third-order valence-corrected chi connectivity index (χ3v) is 2.20. The van der Waals surface area contributed by atoms with Crippen molar-refractivity contribution in [2.75, 3.05) is 13.1 Å². The summed E-state index contributed by atoms with van der Waals surface area (Å²) in [4.78, 5) is 13.2. The second-order valence-corrected chi connectivity index (χ2v) is 3.29. The van der Waals surface area contributed by atoms with Crippen LogP contribution in [0.5, 0.6) is 0 Å². The maximum Gasteiger partial charge on any atom is 0.244 e. The SMILES string of the molecule is O=C(Cn1cnnn1)N1CC[C@H](O)C1. The topological polar surface area (TPSA) is 84.1 Å². The Bertz CT molecular complexity index is 312. The molecular weight excluding hydrogens is 186 g/mol. The minimum Gasteiger partial charge on any atom is -0.391 e. The van der Waals surface area contributed by atoms with Crippen LogP contribution in [0.3, 0.4) is 0 Å². The Morgan fingerprint density at radius 1 is 1.64 bits per heavy atom. The maximum atomic E-state index is 11.6. The molecule has 0 bridgehead atoms. The van der Waals surface area contributed by atoms with Crippen LogP contribution in [-0.4, -0.2) is 55.3 Å². The van der Waals surface area contributed by atoms with Crippen molar-refractivity contribution in [1.29, 1.82) is 0 Å². The van der Waals surface area contributed by atoms with Gasteiger partial charge in [0.15, 0.2) is 0 Å². The molecule has 7 heteroatoms. The number of aliphatic hydroxyl groups is 1.